The van der Waals surface area contributed by atoms with E-state index >= 15 is 0 Å². The molecule has 0 bridgehead atoms. The van der Waals surface area contributed by atoms with E-state index in [4.69, 9.17) is 4.74 Å². The van der Waals surface area contributed by atoms with Crippen LogP contribution in [0.1, 0.15) is 44.2 Å². The zero-order chi connectivity index (χ0) is 16.8. The fourth-order valence-corrected chi connectivity index (χ4v) is 3.29. The molecule has 1 aromatic carbocycles. The van der Waals surface area contributed by atoms with E-state index in [9.17, 15) is 0 Å². The molecule has 1 aliphatic carbocycles. The van der Waals surface area contributed by atoms with E-state index in [1.807, 2.05) is 7.05 Å². The molecule has 2 fully saturated rings. The Hall–Kier alpha value is -0.860. The van der Waals surface area contributed by atoms with Crippen molar-refractivity contribution < 1.29 is 4.74 Å². The third kappa shape index (κ3) is 6.11. The first kappa shape index (κ1) is 20.5. The van der Waals surface area contributed by atoms with Crippen molar-refractivity contribution in [3.8, 4) is 0 Å². The van der Waals surface area contributed by atoms with Gasteiger partial charge in [0.15, 0.2) is 5.96 Å². The molecule has 0 spiro atoms. The van der Waals surface area contributed by atoms with Crippen LogP contribution >= 0.6 is 24.0 Å². The minimum Gasteiger partial charge on any atom is -0.381 e. The third-order valence-electron chi connectivity index (χ3n) is 5.01. The second-order valence-corrected chi connectivity index (χ2v) is 7.01. The van der Waals surface area contributed by atoms with E-state index in [-0.39, 0.29) is 29.5 Å². The molecule has 1 saturated heterocycles. The number of rotatable bonds is 6. The Kier molecular flexibility index (Phi) is 7.96. The molecule has 3 N–H and O–H groups in total. The van der Waals surface area contributed by atoms with Gasteiger partial charge in [-0.3, -0.25) is 4.99 Å². The lowest BCUT2D eigenvalue weighted by Gasteiger charge is -2.41. The number of aliphatic imine (C=N–C) groups is 1. The molecule has 1 saturated carbocycles. The molecule has 0 amide bonds. The monoisotopic (exact) mass is 458 g/mol. The second kappa shape index (κ2) is 9.73. The number of halogens is 1. The van der Waals surface area contributed by atoms with Gasteiger partial charge in [-0.25, -0.2) is 0 Å². The summed E-state index contributed by atoms with van der Waals surface area (Å²) in [6, 6.07) is 11.6. The van der Waals surface area contributed by atoms with Crippen LogP contribution in [0.4, 0.5) is 0 Å². The summed E-state index contributed by atoms with van der Waals surface area (Å²) < 4.78 is 5.61. The van der Waals surface area contributed by atoms with Gasteiger partial charge < -0.3 is 20.7 Å². The molecule has 140 valence electrons. The highest BCUT2D eigenvalue weighted by Crippen LogP contribution is 2.25. The van der Waals surface area contributed by atoms with E-state index in [0.29, 0.717) is 12.1 Å². The van der Waals surface area contributed by atoms with Crippen molar-refractivity contribution in [1.29, 1.82) is 0 Å². The molecule has 6 heteroatoms. The molecule has 1 aliphatic heterocycles. The van der Waals surface area contributed by atoms with Crippen molar-refractivity contribution in [3.63, 3.8) is 0 Å². The predicted octanol–water partition coefficient (Wildman–Crippen LogP) is 2.83. The molecule has 0 radical (unpaired) electrons. The maximum atomic E-state index is 5.61. The van der Waals surface area contributed by atoms with E-state index < -0.39 is 0 Å². The largest absolute Gasteiger partial charge is 0.381 e. The van der Waals surface area contributed by atoms with Crippen molar-refractivity contribution in [2.75, 3.05) is 26.8 Å². The van der Waals surface area contributed by atoms with Crippen LogP contribution in [-0.4, -0.2) is 44.3 Å². The molecule has 1 heterocycles. The maximum Gasteiger partial charge on any atom is 0.191 e. The van der Waals surface area contributed by atoms with Crippen LogP contribution < -0.4 is 16.0 Å². The van der Waals surface area contributed by atoms with Crippen molar-refractivity contribution in [2.45, 2.75) is 50.2 Å². The van der Waals surface area contributed by atoms with Crippen LogP contribution in [0.2, 0.25) is 0 Å². The van der Waals surface area contributed by atoms with Crippen molar-refractivity contribution in [2.24, 2.45) is 4.99 Å². The van der Waals surface area contributed by atoms with Crippen LogP contribution in [0.25, 0.3) is 0 Å². The highest BCUT2D eigenvalue weighted by atomic mass is 127. The standard InChI is InChI=1S/C19H30N4O.HI/c1-15(16-6-4-3-5-7-16)23-19(10-12-24-13-11-19)14-21-18(20-2)22-17-8-9-17;/h3-7,15,17,23H,8-14H2,1-2H3,(H2,20,21,22);1H. The molecule has 2 aliphatic rings. The molecular weight excluding hydrogens is 427 g/mol. The topological polar surface area (TPSA) is 57.7 Å². The van der Waals surface area contributed by atoms with Gasteiger partial charge in [-0.2, -0.15) is 0 Å². The van der Waals surface area contributed by atoms with Gasteiger partial charge in [0.05, 0.1) is 0 Å². The van der Waals surface area contributed by atoms with Crippen molar-refractivity contribution in [3.05, 3.63) is 35.9 Å². The van der Waals surface area contributed by atoms with Crippen LogP contribution in [0.15, 0.2) is 35.3 Å². The Labute approximate surface area is 168 Å². The lowest BCUT2D eigenvalue weighted by atomic mass is 9.88. The van der Waals surface area contributed by atoms with Crippen LogP contribution in [0.5, 0.6) is 0 Å². The number of benzene rings is 1. The Balaban J connectivity index is 0.00000225. The summed E-state index contributed by atoms with van der Waals surface area (Å²) in [7, 11) is 1.84. The quantitative estimate of drug-likeness (QED) is 0.349. The fourth-order valence-electron chi connectivity index (χ4n) is 3.29. The van der Waals surface area contributed by atoms with Gasteiger partial charge in [0.1, 0.15) is 0 Å². The van der Waals surface area contributed by atoms with E-state index in [1.54, 1.807) is 0 Å². The van der Waals surface area contributed by atoms with Gasteiger partial charge in [0.2, 0.25) is 0 Å². The molecule has 0 aromatic heterocycles. The molecule has 1 unspecified atom stereocenters. The van der Waals surface area contributed by atoms with Gasteiger partial charge in [-0.05, 0) is 38.2 Å². The fraction of sp³-hybridized carbons (Fsp3) is 0.632. The average Bonchev–Trinajstić information content (AvgIpc) is 3.44. The number of ether oxygens (including phenoxy) is 1. The number of nitrogens with one attached hydrogen (secondary N) is 3. The summed E-state index contributed by atoms with van der Waals surface area (Å²) in [5.41, 5.74) is 1.36. The highest BCUT2D eigenvalue weighted by molar-refractivity contribution is 14.0. The highest BCUT2D eigenvalue weighted by Gasteiger charge is 2.34. The van der Waals surface area contributed by atoms with Gasteiger partial charge in [-0.1, -0.05) is 30.3 Å². The van der Waals surface area contributed by atoms with Crippen LogP contribution in [0.3, 0.4) is 0 Å². The Morgan fingerprint density at radius 1 is 1.24 bits per heavy atom. The van der Waals surface area contributed by atoms with E-state index in [0.717, 1.165) is 38.6 Å². The number of hydrogen-bond donors (Lipinski definition) is 3. The van der Waals surface area contributed by atoms with Gasteiger partial charge >= 0.3 is 0 Å². The number of guanidine groups is 1. The maximum absolute atomic E-state index is 5.61. The average molecular weight is 458 g/mol. The predicted molar refractivity (Wildman–Crippen MR) is 114 cm³/mol. The third-order valence-corrected chi connectivity index (χ3v) is 5.01. The molecule has 3 rings (SSSR count). The zero-order valence-electron chi connectivity index (χ0n) is 15.3. The Bertz CT molecular complexity index is 542. The van der Waals surface area contributed by atoms with Gasteiger partial charge in [0, 0.05) is 44.4 Å². The van der Waals surface area contributed by atoms with Gasteiger partial charge in [0.25, 0.3) is 0 Å². The van der Waals surface area contributed by atoms with E-state index in [1.165, 1.54) is 18.4 Å². The zero-order valence-corrected chi connectivity index (χ0v) is 17.6. The van der Waals surface area contributed by atoms with Gasteiger partial charge in [-0.15, -0.1) is 24.0 Å². The summed E-state index contributed by atoms with van der Waals surface area (Å²) in [4.78, 5) is 4.36. The summed E-state index contributed by atoms with van der Waals surface area (Å²) in [5, 5.41) is 10.9. The second-order valence-electron chi connectivity index (χ2n) is 7.01. The first-order valence-electron chi connectivity index (χ1n) is 9.08. The summed E-state index contributed by atoms with van der Waals surface area (Å²) in [6.07, 6.45) is 4.53. The smallest absolute Gasteiger partial charge is 0.191 e. The minimum atomic E-state index is 0. The molecule has 1 aromatic rings. The molecule has 5 nitrogen and oxygen atoms in total. The lowest BCUT2D eigenvalue weighted by molar-refractivity contribution is 0.0355. The molecule has 1 atom stereocenters. The number of nitrogens with zero attached hydrogens (tertiary/aromatic N) is 1. The Morgan fingerprint density at radius 2 is 1.92 bits per heavy atom. The summed E-state index contributed by atoms with van der Waals surface area (Å²) in [6.45, 7) is 4.72. The molecular formula is C19H31IN4O. The molecule has 25 heavy (non-hydrogen) atoms. The number of hydrogen-bond acceptors (Lipinski definition) is 3. The minimum absolute atomic E-state index is 0. The van der Waals surface area contributed by atoms with E-state index in [2.05, 4.69) is 58.2 Å². The van der Waals surface area contributed by atoms with Crippen molar-refractivity contribution >= 4 is 29.9 Å². The lowest BCUT2D eigenvalue weighted by Crippen LogP contribution is -2.58. The first-order valence-corrected chi connectivity index (χ1v) is 9.08. The first-order chi connectivity index (χ1) is 11.7. The van der Waals surface area contributed by atoms with Crippen LogP contribution in [0, 0.1) is 0 Å². The summed E-state index contributed by atoms with van der Waals surface area (Å²) >= 11 is 0. The SMILES string of the molecule is CN=C(NCC1(NC(C)c2ccccc2)CCOCC1)NC1CC1.I. The van der Waals surface area contributed by atoms with Crippen molar-refractivity contribution in [1.82, 2.24) is 16.0 Å². The normalized spacial score (nSPS) is 21.1. The summed E-state index contributed by atoms with van der Waals surface area (Å²) in [5.74, 6) is 0.914. The van der Waals surface area contributed by atoms with Crippen LogP contribution in [-0.2, 0) is 4.74 Å². The Morgan fingerprint density at radius 3 is 2.52 bits per heavy atom.